The first-order valence-corrected chi connectivity index (χ1v) is 7.52. The van der Waals surface area contributed by atoms with Gasteiger partial charge in [-0.2, -0.15) is 0 Å². The van der Waals surface area contributed by atoms with E-state index >= 15 is 0 Å². The zero-order valence-electron chi connectivity index (χ0n) is 12.9. The molecule has 2 rings (SSSR count). The molecule has 1 atom stereocenters. The van der Waals surface area contributed by atoms with Crippen LogP contribution in [-0.2, 0) is 16.0 Å². The van der Waals surface area contributed by atoms with E-state index in [1.807, 2.05) is 25.1 Å². The molecule has 4 heteroatoms. The van der Waals surface area contributed by atoms with E-state index in [9.17, 15) is 14.7 Å². The van der Waals surface area contributed by atoms with Gasteiger partial charge >= 0.3 is 5.97 Å². The van der Waals surface area contributed by atoms with Crippen LogP contribution in [0.4, 0.5) is 0 Å². The Hall–Kier alpha value is -1.84. The topological polar surface area (TPSA) is 57.6 Å². The predicted octanol–water partition coefficient (Wildman–Crippen LogP) is 2.82. The minimum atomic E-state index is -1.18. The van der Waals surface area contributed by atoms with Crippen molar-refractivity contribution in [3.8, 4) is 0 Å². The largest absolute Gasteiger partial charge is 0.480 e. The van der Waals surface area contributed by atoms with Gasteiger partial charge in [-0.15, -0.1) is 0 Å². The molecule has 0 heterocycles. The van der Waals surface area contributed by atoms with E-state index in [4.69, 9.17) is 0 Å². The van der Waals surface area contributed by atoms with Gasteiger partial charge in [-0.05, 0) is 51.2 Å². The average Bonchev–Trinajstić information content (AvgIpc) is 2.46. The Balaban J connectivity index is 2.34. The van der Waals surface area contributed by atoms with E-state index in [-0.39, 0.29) is 11.8 Å². The number of fused-ring (bicyclic) bond motifs is 1. The first-order chi connectivity index (χ1) is 9.89. The van der Waals surface area contributed by atoms with Gasteiger partial charge in [0.05, 0.1) is 5.92 Å². The lowest BCUT2D eigenvalue weighted by Gasteiger charge is -2.38. The van der Waals surface area contributed by atoms with E-state index in [1.165, 1.54) is 10.5 Å². The number of aryl methyl sites for hydroxylation is 1. The fourth-order valence-corrected chi connectivity index (χ4v) is 3.14. The Morgan fingerprint density at radius 3 is 2.62 bits per heavy atom. The quantitative estimate of drug-likeness (QED) is 0.927. The number of carbonyl (C=O) groups excluding carboxylic acids is 1. The van der Waals surface area contributed by atoms with Crippen LogP contribution in [0, 0.1) is 0 Å². The highest BCUT2D eigenvalue weighted by atomic mass is 16.4. The minimum absolute atomic E-state index is 0.0722. The third kappa shape index (κ3) is 2.80. The lowest BCUT2D eigenvalue weighted by atomic mass is 9.81. The molecule has 1 aliphatic carbocycles. The molecular formula is C17H23NO3. The number of carboxylic acids is 1. The summed E-state index contributed by atoms with van der Waals surface area (Å²) in [5.41, 5.74) is 1.10. The summed E-state index contributed by atoms with van der Waals surface area (Å²) in [5, 5.41) is 9.39. The normalized spacial score (nSPS) is 18.0. The second-order valence-electron chi connectivity index (χ2n) is 6.09. The van der Waals surface area contributed by atoms with Crippen LogP contribution in [0.25, 0.3) is 0 Å². The maximum absolute atomic E-state index is 12.9. The molecule has 1 aromatic rings. The van der Waals surface area contributed by atoms with Gasteiger partial charge in [0.15, 0.2) is 0 Å². The van der Waals surface area contributed by atoms with Crippen LogP contribution >= 0.6 is 0 Å². The van der Waals surface area contributed by atoms with E-state index in [0.717, 1.165) is 24.8 Å². The first kappa shape index (κ1) is 15.5. The molecule has 114 valence electrons. The van der Waals surface area contributed by atoms with Gasteiger partial charge in [0, 0.05) is 6.54 Å². The van der Waals surface area contributed by atoms with Gasteiger partial charge in [-0.3, -0.25) is 4.79 Å². The van der Waals surface area contributed by atoms with Crippen LogP contribution in [0.5, 0.6) is 0 Å². The molecule has 1 N–H and O–H groups in total. The first-order valence-electron chi connectivity index (χ1n) is 7.52. The summed E-state index contributed by atoms with van der Waals surface area (Å²) in [7, 11) is 0. The van der Waals surface area contributed by atoms with Gasteiger partial charge in [-0.25, -0.2) is 4.79 Å². The SMILES string of the molecule is CCN(C(=O)C1CCCc2ccccc21)C(C)(C)C(=O)O. The van der Waals surface area contributed by atoms with E-state index in [2.05, 4.69) is 6.07 Å². The summed E-state index contributed by atoms with van der Waals surface area (Å²) in [6.45, 7) is 5.41. The molecule has 0 bridgehead atoms. The number of benzene rings is 1. The Morgan fingerprint density at radius 2 is 2.00 bits per heavy atom. The van der Waals surface area contributed by atoms with E-state index in [1.54, 1.807) is 13.8 Å². The molecule has 0 aromatic heterocycles. The monoisotopic (exact) mass is 289 g/mol. The van der Waals surface area contributed by atoms with Crippen LogP contribution in [0.2, 0.25) is 0 Å². The molecular weight excluding hydrogens is 266 g/mol. The van der Waals surface area contributed by atoms with Crippen LogP contribution in [0.3, 0.4) is 0 Å². The summed E-state index contributed by atoms with van der Waals surface area (Å²) in [6, 6.07) is 8.00. The van der Waals surface area contributed by atoms with Crippen molar-refractivity contribution in [2.45, 2.75) is 51.5 Å². The van der Waals surface area contributed by atoms with Crippen LogP contribution in [0.15, 0.2) is 24.3 Å². The fraction of sp³-hybridized carbons (Fsp3) is 0.529. The maximum atomic E-state index is 12.9. The maximum Gasteiger partial charge on any atom is 0.329 e. The van der Waals surface area contributed by atoms with Crippen molar-refractivity contribution in [1.29, 1.82) is 0 Å². The second-order valence-corrected chi connectivity index (χ2v) is 6.09. The average molecular weight is 289 g/mol. The van der Waals surface area contributed by atoms with Gasteiger partial charge < -0.3 is 10.0 Å². The van der Waals surface area contributed by atoms with E-state index in [0.29, 0.717) is 6.54 Å². The second kappa shape index (κ2) is 5.88. The molecule has 1 aliphatic rings. The molecule has 0 fully saturated rings. The lowest BCUT2D eigenvalue weighted by Crippen LogP contribution is -2.54. The summed E-state index contributed by atoms with van der Waals surface area (Å²) in [6.07, 6.45) is 2.76. The molecule has 1 amide bonds. The molecule has 0 saturated carbocycles. The molecule has 0 aliphatic heterocycles. The summed E-state index contributed by atoms with van der Waals surface area (Å²) < 4.78 is 0. The highest BCUT2D eigenvalue weighted by Gasteiger charge is 2.40. The van der Waals surface area contributed by atoms with Crippen molar-refractivity contribution >= 4 is 11.9 Å². The lowest BCUT2D eigenvalue weighted by molar-refractivity contribution is -0.157. The molecule has 0 saturated heterocycles. The van der Waals surface area contributed by atoms with Gasteiger partial charge in [-0.1, -0.05) is 24.3 Å². The number of amides is 1. The zero-order chi connectivity index (χ0) is 15.6. The van der Waals surface area contributed by atoms with Crippen LogP contribution < -0.4 is 0 Å². The molecule has 0 radical (unpaired) electrons. The Morgan fingerprint density at radius 1 is 1.33 bits per heavy atom. The number of carbonyl (C=O) groups is 2. The molecule has 1 aromatic carbocycles. The Kier molecular flexibility index (Phi) is 4.35. The number of likely N-dealkylation sites (N-methyl/N-ethyl adjacent to an activating group) is 1. The number of hydrogen-bond acceptors (Lipinski definition) is 2. The van der Waals surface area contributed by atoms with Crippen LogP contribution in [-0.4, -0.2) is 34.0 Å². The third-order valence-corrected chi connectivity index (χ3v) is 4.45. The van der Waals surface area contributed by atoms with Gasteiger partial charge in [0.25, 0.3) is 0 Å². The van der Waals surface area contributed by atoms with E-state index < -0.39 is 11.5 Å². The van der Waals surface area contributed by atoms with Crippen molar-refractivity contribution in [2.24, 2.45) is 0 Å². The minimum Gasteiger partial charge on any atom is -0.480 e. The Labute approximate surface area is 125 Å². The van der Waals surface area contributed by atoms with Gasteiger partial charge in [0.1, 0.15) is 5.54 Å². The molecule has 0 spiro atoms. The summed E-state index contributed by atoms with van der Waals surface area (Å²) in [4.78, 5) is 25.9. The standard InChI is InChI=1S/C17H23NO3/c1-4-18(17(2,3)16(20)21)15(19)14-11-7-9-12-8-5-6-10-13(12)14/h5-6,8,10,14H,4,7,9,11H2,1-3H3,(H,20,21). The van der Waals surface area contributed by atoms with Crippen molar-refractivity contribution < 1.29 is 14.7 Å². The molecule has 4 nitrogen and oxygen atoms in total. The van der Waals surface area contributed by atoms with Crippen molar-refractivity contribution in [2.75, 3.05) is 6.54 Å². The predicted molar refractivity (Wildman–Crippen MR) is 81.2 cm³/mol. The van der Waals surface area contributed by atoms with Gasteiger partial charge in [0.2, 0.25) is 5.91 Å². The Bertz CT molecular complexity index is 551. The van der Waals surface area contributed by atoms with Crippen LogP contribution in [0.1, 0.15) is 50.7 Å². The number of carboxylic acid groups (broad SMARTS) is 1. The number of nitrogens with zero attached hydrogens (tertiary/aromatic N) is 1. The summed E-state index contributed by atoms with van der Waals surface area (Å²) in [5.74, 6) is -1.26. The van der Waals surface area contributed by atoms with Crippen molar-refractivity contribution in [3.05, 3.63) is 35.4 Å². The third-order valence-electron chi connectivity index (χ3n) is 4.45. The zero-order valence-corrected chi connectivity index (χ0v) is 12.9. The molecule has 21 heavy (non-hydrogen) atoms. The van der Waals surface area contributed by atoms with Crippen molar-refractivity contribution in [3.63, 3.8) is 0 Å². The number of hydrogen-bond donors (Lipinski definition) is 1. The highest BCUT2D eigenvalue weighted by molar-refractivity contribution is 5.90. The molecule has 1 unspecified atom stereocenters. The summed E-state index contributed by atoms with van der Waals surface area (Å²) >= 11 is 0. The van der Waals surface area contributed by atoms with Crippen molar-refractivity contribution in [1.82, 2.24) is 4.90 Å². The number of aliphatic carboxylic acids is 1. The fourth-order valence-electron chi connectivity index (χ4n) is 3.14. The number of rotatable bonds is 4. The smallest absolute Gasteiger partial charge is 0.329 e. The highest BCUT2D eigenvalue weighted by Crippen LogP contribution is 2.34.